The minimum Gasteiger partial charge on any atom is -0.306 e. The van der Waals surface area contributed by atoms with Gasteiger partial charge in [0, 0.05) is 42.2 Å². The predicted octanol–water partition coefficient (Wildman–Crippen LogP) is 1.86. The number of hydrogen-bond donors (Lipinski definition) is 3. The van der Waals surface area contributed by atoms with Gasteiger partial charge in [-0.1, -0.05) is 24.3 Å². The van der Waals surface area contributed by atoms with Crippen LogP contribution in [0.15, 0.2) is 29.1 Å². The van der Waals surface area contributed by atoms with Gasteiger partial charge in [-0.25, -0.2) is 4.98 Å². The van der Waals surface area contributed by atoms with E-state index in [-0.39, 0.29) is 5.56 Å². The average molecular weight is 367 g/mol. The molecule has 0 bridgehead atoms. The fourth-order valence-corrected chi connectivity index (χ4v) is 4.31. The molecule has 2 aliphatic rings. The van der Waals surface area contributed by atoms with Crippen molar-refractivity contribution in [1.29, 1.82) is 0 Å². The maximum absolute atomic E-state index is 12.2. The molecule has 0 radical (unpaired) electrons. The molecule has 1 aromatic carbocycles. The lowest BCUT2D eigenvalue weighted by Crippen LogP contribution is -2.35. The molecule has 6 nitrogen and oxygen atoms in total. The van der Waals surface area contributed by atoms with Gasteiger partial charge in [-0.05, 0) is 45.7 Å². The van der Waals surface area contributed by atoms with E-state index in [0.29, 0.717) is 23.8 Å². The van der Waals surface area contributed by atoms with E-state index in [9.17, 15) is 4.79 Å². The van der Waals surface area contributed by atoms with Crippen LogP contribution in [0, 0.1) is 5.92 Å². The zero-order valence-electron chi connectivity index (χ0n) is 16.4. The number of hydrogen-bond acceptors (Lipinski definition) is 5. The lowest BCUT2D eigenvalue weighted by molar-refractivity contribution is 0.249. The summed E-state index contributed by atoms with van der Waals surface area (Å²) in [5.74, 6) is 1.28. The summed E-state index contributed by atoms with van der Waals surface area (Å²) < 4.78 is 0. The third-order valence-electron chi connectivity index (χ3n) is 5.97. The Bertz CT molecular complexity index is 850. The van der Waals surface area contributed by atoms with Gasteiger partial charge < -0.3 is 9.88 Å². The number of benzene rings is 1. The first-order chi connectivity index (χ1) is 13.0. The highest BCUT2D eigenvalue weighted by Gasteiger charge is 2.30. The topological polar surface area (TPSA) is 73.0 Å². The van der Waals surface area contributed by atoms with E-state index in [1.807, 2.05) is 0 Å². The fraction of sp³-hybridized carbons (Fsp3) is 0.524. The van der Waals surface area contributed by atoms with Crippen molar-refractivity contribution in [3.63, 3.8) is 0 Å². The largest absolute Gasteiger partial charge is 0.306 e. The van der Waals surface area contributed by atoms with Crippen molar-refractivity contribution >= 4 is 0 Å². The second-order valence-corrected chi connectivity index (χ2v) is 8.12. The first-order valence-electron chi connectivity index (χ1n) is 9.92. The van der Waals surface area contributed by atoms with Crippen LogP contribution in [-0.4, -0.2) is 40.5 Å². The summed E-state index contributed by atoms with van der Waals surface area (Å²) in [5, 5.41) is 0. The summed E-state index contributed by atoms with van der Waals surface area (Å²) in [6.45, 7) is 6.41. The molecule has 1 fully saturated rings. The Kier molecular flexibility index (Phi) is 5.12. The molecule has 3 N–H and O–H groups in total. The molecule has 2 heterocycles. The molecule has 2 aromatic rings. The highest BCUT2D eigenvalue weighted by atomic mass is 16.1. The summed E-state index contributed by atoms with van der Waals surface area (Å²) in [7, 11) is 2.17. The highest BCUT2D eigenvalue weighted by Crippen LogP contribution is 2.21. The Morgan fingerprint density at radius 3 is 2.52 bits per heavy atom. The molecule has 0 spiro atoms. The number of H-pyrrole nitrogens is 1. The van der Waals surface area contributed by atoms with E-state index in [2.05, 4.69) is 70.9 Å². The van der Waals surface area contributed by atoms with Crippen LogP contribution >= 0.6 is 0 Å². The molecule has 1 aliphatic heterocycles. The molecule has 6 heteroatoms. The number of aryl methyl sites for hydroxylation is 1. The monoisotopic (exact) mass is 367 g/mol. The molecule has 2 unspecified atom stereocenters. The Morgan fingerprint density at radius 2 is 1.81 bits per heavy atom. The average Bonchev–Trinajstić information content (AvgIpc) is 3.24. The predicted molar refractivity (Wildman–Crippen MR) is 107 cm³/mol. The van der Waals surface area contributed by atoms with Gasteiger partial charge in [0.25, 0.3) is 5.56 Å². The summed E-state index contributed by atoms with van der Waals surface area (Å²) >= 11 is 0. The minimum absolute atomic E-state index is 0.0262. The second-order valence-electron chi connectivity index (χ2n) is 8.12. The molecule has 0 amide bonds. The van der Waals surface area contributed by atoms with Crippen molar-refractivity contribution in [2.45, 2.75) is 51.7 Å². The van der Waals surface area contributed by atoms with Crippen LogP contribution in [0.1, 0.15) is 37.1 Å². The highest BCUT2D eigenvalue weighted by molar-refractivity contribution is 5.55. The number of rotatable bonds is 5. The second kappa shape index (κ2) is 7.54. The van der Waals surface area contributed by atoms with Crippen LogP contribution in [0.25, 0.3) is 11.4 Å². The molecule has 27 heavy (non-hydrogen) atoms. The fourth-order valence-electron chi connectivity index (χ4n) is 4.31. The van der Waals surface area contributed by atoms with Crippen molar-refractivity contribution in [3.8, 4) is 11.4 Å². The van der Waals surface area contributed by atoms with Gasteiger partial charge in [0.2, 0.25) is 0 Å². The quantitative estimate of drug-likeness (QED) is 0.752. The van der Waals surface area contributed by atoms with Crippen LogP contribution in [0.5, 0.6) is 0 Å². The van der Waals surface area contributed by atoms with Gasteiger partial charge in [0.15, 0.2) is 0 Å². The van der Waals surface area contributed by atoms with E-state index in [1.54, 1.807) is 0 Å². The molecule has 0 saturated carbocycles. The van der Waals surface area contributed by atoms with E-state index in [4.69, 9.17) is 0 Å². The van der Waals surface area contributed by atoms with Gasteiger partial charge in [-0.3, -0.25) is 15.6 Å². The lowest BCUT2D eigenvalue weighted by atomic mass is 9.96. The summed E-state index contributed by atoms with van der Waals surface area (Å²) in [6.07, 6.45) is 2.80. The first kappa shape index (κ1) is 18.3. The molecule has 1 saturated heterocycles. The molecule has 1 aliphatic carbocycles. The number of fused-ring (bicyclic) bond motifs is 1. The van der Waals surface area contributed by atoms with E-state index >= 15 is 0 Å². The van der Waals surface area contributed by atoms with E-state index < -0.39 is 0 Å². The van der Waals surface area contributed by atoms with Gasteiger partial charge in [-0.15, -0.1) is 0 Å². The number of nitrogens with one attached hydrogen (secondary N) is 3. The van der Waals surface area contributed by atoms with Gasteiger partial charge >= 0.3 is 0 Å². The van der Waals surface area contributed by atoms with Crippen molar-refractivity contribution in [2.75, 3.05) is 13.6 Å². The number of hydrazine groups is 1. The van der Waals surface area contributed by atoms with Crippen molar-refractivity contribution in [1.82, 2.24) is 25.7 Å². The third kappa shape index (κ3) is 3.83. The molecular formula is C21H29N5O. The van der Waals surface area contributed by atoms with Crippen LogP contribution in [0.3, 0.4) is 0 Å². The van der Waals surface area contributed by atoms with E-state index in [0.717, 1.165) is 49.2 Å². The summed E-state index contributed by atoms with van der Waals surface area (Å²) in [6, 6.07) is 9.35. The number of aromatic amines is 1. The van der Waals surface area contributed by atoms with Gasteiger partial charge in [0.1, 0.15) is 5.82 Å². The summed E-state index contributed by atoms with van der Waals surface area (Å²) in [5.41, 5.74) is 10.8. The summed E-state index contributed by atoms with van der Waals surface area (Å²) in [4.78, 5) is 22.2. The van der Waals surface area contributed by atoms with Crippen LogP contribution in [-0.2, 0) is 19.4 Å². The zero-order valence-corrected chi connectivity index (χ0v) is 16.4. The molecule has 4 rings (SSSR count). The minimum atomic E-state index is 0.0262. The number of aromatic nitrogens is 2. The number of nitrogens with zero attached hydrogens (tertiary/aromatic N) is 2. The normalized spacial score (nSPS) is 24.5. The molecule has 1 aromatic heterocycles. The van der Waals surface area contributed by atoms with Gasteiger partial charge in [0.05, 0.1) is 5.69 Å². The van der Waals surface area contributed by atoms with Crippen molar-refractivity contribution in [3.05, 3.63) is 51.4 Å². The van der Waals surface area contributed by atoms with Crippen LogP contribution in [0.2, 0.25) is 0 Å². The maximum Gasteiger partial charge on any atom is 0.254 e. The lowest BCUT2D eigenvalue weighted by Gasteiger charge is -2.25. The van der Waals surface area contributed by atoms with E-state index in [1.165, 1.54) is 5.56 Å². The Morgan fingerprint density at radius 1 is 1.11 bits per heavy atom. The first-order valence-corrected chi connectivity index (χ1v) is 9.92. The molecular weight excluding hydrogens is 338 g/mol. The zero-order chi connectivity index (χ0) is 19.0. The smallest absolute Gasteiger partial charge is 0.254 e. The van der Waals surface area contributed by atoms with Crippen molar-refractivity contribution < 1.29 is 0 Å². The third-order valence-corrected chi connectivity index (χ3v) is 5.97. The van der Waals surface area contributed by atoms with Gasteiger partial charge in [-0.2, -0.15) is 0 Å². The van der Waals surface area contributed by atoms with Crippen LogP contribution in [0.4, 0.5) is 0 Å². The Balaban J connectivity index is 1.43. The van der Waals surface area contributed by atoms with Crippen molar-refractivity contribution in [2.24, 2.45) is 5.92 Å². The SMILES string of the molecule is CC1NNC(C)C1CN(C)Cc1ccc(-c2nc3c(c(=O)[nH]2)CCC3)cc1. The maximum atomic E-state index is 12.2. The Hall–Kier alpha value is -2.02. The molecule has 144 valence electrons. The standard InChI is InChI=1S/C21H29N5O/c1-13-18(14(2)25-24-13)12-26(3)11-15-7-9-16(10-8-15)20-22-19-6-4-5-17(19)21(27)23-20/h7-10,13-14,18,24-25H,4-6,11-12H2,1-3H3,(H,22,23,27). The Labute approximate surface area is 160 Å². The molecule has 2 atom stereocenters. The van der Waals surface area contributed by atoms with Crippen LogP contribution < -0.4 is 16.4 Å².